The molecule has 11 nitrogen and oxygen atoms in total. The van der Waals surface area contributed by atoms with Gasteiger partial charge in [-0.15, -0.1) is 0 Å². The van der Waals surface area contributed by atoms with Crippen molar-refractivity contribution in [3.8, 4) is 5.75 Å². The van der Waals surface area contributed by atoms with Crippen LogP contribution in [-0.2, 0) is 11.3 Å². The maximum atomic E-state index is 13.4. The van der Waals surface area contributed by atoms with Gasteiger partial charge >= 0.3 is 12.1 Å². The van der Waals surface area contributed by atoms with Crippen LogP contribution in [0, 0.1) is 5.82 Å². The van der Waals surface area contributed by atoms with Crippen LogP contribution in [-0.4, -0.2) is 39.4 Å². The van der Waals surface area contributed by atoms with Crippen molar-refractivity contribution in [3.05, 3.63) is 63.5 Å². The molecule has 0 bridgehead atoms. The van der Waals surface area contributed by atoms with Crippen molar-refractivity contribution in [2.45, 2.75) is 12.7 Å². The van der Waals surface area contributed by atoms with Gasteiger partial charge < -0.3 is 15.8 Å². The molecule has 0 radical (unpaired) electrons. The lowest BCUT2D eigenvalue weighted by Crippen LogP contribution is -2.29. The van der Waals surface area contributed by atoms with Crippen molar-refractivity contribution in [2.24, 2.45) is 10.7 Å². The summed E-state index contributed by atoms with van der Waals surface area (Å²) in [7, 11) is 0. The van der Waals surface area contributed by atoms with Crippen LogP contribution < -0.4 is 21.3 Å². The number of alkyl halides is 3. The fourth-order valence-corrected chi connectivity index (χ4v) is 2.91. The Bertz CT molecular complexity index is 1300. The number of nitrogens with one attached hydrogen (secondary N) is 2. The number of nitrogens with two attached hydrogens (primary N) is 1. The highest BCUT2D eigenvalue weighted by molar-refractivity contribution is 9.10. The van der Waals surface area contributed by atoms with Gasteiger partial charge in [-0.2, -0.15) is 13.2 Å². The Morgan fingerprint density at radius 1 is 1.20 bits per heavy atom. The lowest BCUT2D eigenvalue weighted by molar-refractivity contribution is -0.189. The van der Waals surface area contributed by atoms with Crippen LogP contribution in [0.1, 0.15) is 21.6 Å². The molecule has 35 heavy (non-hydrogen) atoms. The highest BCUT2D eigenvalue weighted by Crippen LogP contribution is 2.27. The second-order valence-electron chi connectivity index (χ2n) is 6.51. The van der Waals surface area contributed by atoms with Gasteiger partial charge in [0, 0.05) is 6.54 Å². The molecule has 3 rings (SSSR count). The number of hydroxylamine groups is 1. The molecule has 1 aromatic heterocycles. The van der Waals surface area contributed by atoms with Crippen molar-refractivity contribution in [2.75, 3.05) is 5.32 Å². The van der Waals surface area contributed by atoms with Crippen molar-refractivity contribution < 1.29 is 41.7 Å². The van der Waals surface area contributed by atoms with Gasteiger partial charge in [-0.3, -0.25) is 15.5 Å². The van der Waals surface area contributed by atoms with Gasteiger partial charge in [-0.25, -0.2) is 18.8 Å². The molecule has 16 heteroatoms. The van der Waals surface area contributed by atoms with E-state index in [1.165, 1.54) is 18.2 Å². The van der Waals surface area contributed by atoms with Gasteiger partial charge in [0.2, 0.25) is 5.82 Å². The predicted molar refractivity (Wildman–Crippen MR) is 113 cm³/mol. The molecule has 0 atom stereocenters. The minimum atomic E-state index is -5.32. The summed E-state index contributed by atoms with van der Waals surface area (Å²) in [6.45, 7) is -0.114. The van der Waals surface area contributed by atoms with E-state index in [9.17, 15) is 32.4 Å². The average molecular weight is 561 g/mol. The molecule has 0 aliphatic carbocycles. The maximum Gasteiger partial charge on any atom is 0.491 e. The van der Waals surface area contributed by atoms with Crippen LogP contribution in [0.25, 0.3) is 0 Å². The molecule has 184 valence electrons. The van der Waals surface area contributed by atoms with Crippen LogP contribution in [0.15, 0.2) is 50.5 Å². The standard InChI is InChI=1S/C19H13BrF4N6O5/c20-11-6-9(2-4-12(11)21)26-15(28-33)14-16(30-35-29-14)27-17(31)10-3-1-8(7-25)5-13(10)34-18(32)19(22,23)24/h1-6,33H,7,25H2,(H,26,28)(H,27,30,31). The number of hydrogen-bond acceptors (Lipinski definition) is 9. The molecule has 2 aromatic carbocycles. The maximum absolute atomic E-state index is 13.4. The number of rotatable bonds is 6. The Balaban J connectivity index is 1.92. The highest BCUT2D eigenvalue weighted by atomic mass is 79.9. The third-order valence-corrected chi connectivity index (χ3v) is 4.76. The predicted octanol–water partition coefficient (Wildman–Crippen LogP) is 3.21. The van der Waals surface area contributed by atoms with E-state index in [2.05, 4.69) is 45.9 Å². The largest absolute Gasteiger partial charge is 0.491 e. The Kier molecular flexibility index (Phi) is 7.78. The second kappa shape index (κ2) is 10.6. The van der Waals surface area contributed by atoms with E-state index in [0.29, 0.717) is 0 Å². The number of benzene rings is 2. The first-order valence-corrected chi connectivity index (χ1v) is 10.0. The molecule has 0 unspecified atom stereocenters. The summed E-state index contributed by atoms with van der Waals surface area (Å²) < 4.78 is 60.4. The van der Waals surface area contributed by atoms with Crippen LogP contribution in [0.4, 0.5) is 29.1 Å². The Labute approximate surface area is 201 Å². The fourth-order valence-electron chi connectivity index (χ4n) is 2.54. The van der Waals surface area contributed by atoms with E-state index in [1.54, 1.807) is 5.48 Å². The summed E-state index contributed by atoms with van der Waals surface area (Å²) in [4.78, 5) is 28.1. The summed E-state index contributed by atoms with van der Waals surface area (Å²) in [5, 5.41) is 18.6. The number of nitrogens with zero attached hydrogens (tertiary/aromatic N) is 3. The average Bonchev–Trinajstić information content (AvgIpc) is 3.26. The molecule has 5 N–H and O–H groups in total. The minimum absolute atomic E-state index is 0.0738. The van der Waals surface area contributed by atoms with Crippen LogP contribution in [0.5, 0.6) is 5.75 Å². The van der Waals surface area contributed by atoms with E-state index >= 15 is 0 Å². The highest BCUT2D eigenvalue weighted by Gasteiger charge is 2.42. The smallest absolute Gasteiger partial charge is 0.419 e. The number of esters is 1. The molecule has 0 aliphatic heterocycles. The van der Waals surface area contributed by atoms with E-state index in [-0.39, 0.29) is 33.8 Å². The monoisotopic (exact) mass is 560 g/mol. The summed E-state index contributed by atoms with van der Waals surface area (Å²) in [6, 6.07) is 7.04. The van der Waals surface area contributed by atoms with Crippen molar-refractivity contribution in [1.82, 2.24) is 15.8 Å². The fraction of sp³-hybridized carbons (Fsp3) is 0.105. The molecular formula is C19H13BrF4N6O5. The number of halogens is 5. The Hall–Kier alpha value is -3.89. The molecular weight excluding hydrogens is 548 g/mol. The van der Waals surface area contributed by atoms with Gasteiger partial charge in [0.25, 0.3) is 5.91 Å². The number of amides is 1. The third-order valence-electron chi connectivity index (χ3n) is 4.16. The first-order valence-electron chi connectivity index (χ1n) is 9.23. The number of carbonyl (C=O) groups excluding carboxylic acids is 2. The molecule has 1 amide bonds. The first-order chi connectivity index (χ1) is 16.5. The molecule has 0 fully saturated rings. The minimum Gasteiger partial charge on any atom is -0.419 e. The topological polar surface area (TPSA) is 165 Å². The van der Waals surface area contributed by atoms with E-state index < -0.39 is 41.0 Å². The number of aromatic nitrogens is 2. The van der Waals surface area contributed by atoms with E-state index in [4.69, 9.17) is 5.73 Å². The van der Waals surface area contributed by atoms with Gasteiger partial charge in [-0.05, 0) is 62.1 Å². The van der Waals surface area contributed by atoms with E-state index in [0.717, 1.165) is 18.2 Å². The SMILES string of the molecule is NCc1ccc(C(=O)Nc2nonc2C(=Nc2ccc(F)c(Br)c2)NO)c(OC(=O)C(F)(F)F)c1. The van der Waals surface area contributed by atoms with Crippen molar-refractivity contribution in [3.63, 3.8) is 0 Å². The zero-order valence-corrected chi connectivity index (χ0v) is 18.6. The zero-order valence-electron chi connectivity index (χ0n) is 17.1. The molecule has 0 saturated heterocycles. The van der Waals surface area contributed by atoms with Crippen molar-refractivity contribution >= 4 is 45.1 Å². The molecule has 0 aliphatic rings. The lowest BCUT2D eigenvalue weighted by Gasteiger charge is -2.12. The second-order valence-corrected chi connectivity index (χ2v) is 7.36. The first kappa shape index (κ1) is 25.7. The Morgan fingerprint density at radius 3 is 2.57 bits per heavy atom. The number of amidine groups is 1. The summed E-state index contributed by atoms with van der Waals surface area (Å²) in [5.41, 5.74) is 6.81. The molecule has 0 spiro atoms. The zero-order chi connectivity index (χ0) is 25.8. The molecule has 1 heterocycles. The van der Waals surface area contributed by atoms with Gasteiger partial charge in [-0.1, -0.05) is 6.07 Å². The lowest BCUT2D eigenvalue weighted by atomic mass is 10.1. The van der Waals surface area contributed by atoms with Crippen LogP contribution >= 0.6 is 15.9 Å². The van der Waals surface area contributed by atoms with Gasteiger partial charge in [0.05, 0.1) is 15.7 Å². The Morgan fingerprint density at radius 2 is 1.94 bits per heavy atom. The van der Waals surface area contributed by atoms with E-state index in [1.807, 2.05) is 0 Å². The molecule has 3 aromatic rings. The number of ether oxygens (including phenoxy) is 1. The number of aliphatic imine (C=N–C) groups is 1. The summed E-state index contributed by atoms with van der Waals surface area (Å²) in [5.74, 6) is -5.70. The number of carbonyl (C=O) groups is 2. The summed E-state index contributed by atoms with van der Waals surface area (Å²) in [6.07, 6.45) is -5.32. The molecule has 0 saturated carbocycles. The number of hydrogen-bond donors (Lipinski definition) is 4. The number of anilines is 1. The van der Waals surface area contributed by atoms with Crippen LogP contribution in [0.2, 0.25) is 0 Å². The quantitative estimate of drug-likeness (QED) is 0.0884. The third kappa shape index (κ3) is 6.17. The van der Waals surface area contributed by atoms with Gasteiger partial charge in [0.15, 0.2) is 11.5 Å². The van der Waals surface area contributed by atoms with Crippen molar-refractivity contribution in [1.29, 1.82) is 0 Å². The van der Waals surface area contributed by atoms with Crippen LogP contribution in [0.3, 0.4) is 0 Å². The normalized spacial score (nSPS) is 11.8. The summed E-state index contributed by atoms with van der Waals surface area (Å²) >= 11 is 2.98. The van der Waals surface area contributed by atoms with Gasteiger partial charge in [0.1, 0.15) is 11.6 Å².